The number of anilines is 1. The fraction of sp³-hybridized carbons (Fsp3) is 0.231. The molecule has 1 heterocycles. The zero-order chi connectivity index (χ0) is 14.7. The smallest absolute Gasteiger partial charge is 0.256 e. The average Bonchev–Trinajstić information content (AvgIpc) is 2.82. The van der Waals surface area contributed by atoms with Crippen molar-refractivity contribution in [1.29, 1.82) is 0 Å². The fourth-order valence-electron chi connectivity index (χ4n) is 1.85. The second kappa shape index (κ2) is 5.98. The minimum atomic E-state index is -0.559. The molecule has 0 bridgehead atoms. The van der Waals surface area contributed by atoms with Gasteiger partial charge in [-0.2, -0.15) is 0 Å². The molecule has 0 fully saturated rings. The number of aryl methyl sites for hydroxylation is 1. The standard InChI is InChI=1S/C13H15FN4OS/c1-8-16-9(7-20-8)6-18(2)13(19)10-4-3-5-11(14)12(10)17-15/h3-5,7,17H,6,15H2,1-2H3. The van der Waals surface area contributed by atoms with Crippen LogP contribution in [0.3, 0.4) is 0 Å². The molecular weight excluding hydrogens is 279 g/mol. The predicted molar refractivity (Wildman–Crippen MR) is 76.9 cm³/mol. The van der Waals surface area contributed by atoms with Crippen LogP contribution in [-0.2, 0) is 6.54 Å². The van der Waals surface area contributed by atoms with Crippen molar-refractivity contribution in [2.24, 2.45) is 5.84 Å². The van der Waals surface area contributed by atoms with E-state index in [-0.39, 0.29) is 17.2 Å². The molecule has 2 aromatic rings. The Morgan fingerprint density at radius 1 is 1.55 bits per heavy atom. The van der Waals surface area contributed by atoms with Gasteiger partial charge in [-0.15, -0.1) is 11.3 Å². The van der Waals surface area contributed by atoms with E-state index in [0.29, 0.717) is 6.54 Å². The number of halogens is 1. The van der Waals surface area contributed by atoms with Gasteiger partial charge in [0.1, 0.15) is 5.82 Å². The highest BCUT2D eigenvalue weighted by atomic mass is 32.1. The molecule has 20 heavy (non-hydrogen) atoms. The molecule has 3 N–H and O–H groups in total. The Morgan fingerprint density at radius 3 is 2.90 bits per heavy atom. The van der Waals surface area contributed by atoms with Crippen LogP contribution >= 0.6 is 11.3 Å². The lowest BCUT2D eigenvalue weighted by molar-refractivity contribution is 0.0784. The number of hydrogen-bond acceptors (Lipinski definition) is 5. The lowest BCUT2D eigenvalue weighted by Crippen LogP contribution is -2.28. The summed E-state index contributed by atoms with van der Waals surface area (Å²) in [6.07, 6.45) is 0. The van der Waals surface area contributed by atoms with Gasteiger partial charge in [-0.1, -0.05) is 6.07 Å². The van der Waals surface area contributed by atoms with Crippen molar-refractivity contribution in [2.75, 3.05) is 12.5 Å². The number of para-hydroxylation sites is 1. The molecule has 0 atom stereocenters. The molecule has 0 saturated heterocycles. The van der Waals surface area contributed by atoms with Gasteiger partial charge in [0.15, 0.2) is 0 Å². The largest absolute Gasteiger partial charge is 0.336 e. The number of amides is 1. The molecule has 2 rings (SSSR count). The Balaban J connectivity index is 2.20. The summed E-state index contributed by atoms with van der Waals surface area (Å²) in [6.45, 7) is 2.27. The predicted octanol–water partition coefficient (Wildman–Crippen LogP) is 2.15. The number of hydrogen-bond donors (Lipinski definition) is 2. The van der Waals surface area contributed by atoms with Gasteiger partial charge >= 0.3 is 0 Å². The van der Waals surface area contributed by atoms with E-state index in [9.17, 15) is 9.18 Å². The zero-order valence-electron chi connectivity index (χ0n) is 11.2. The summed E-state index contributed by atoms with van der Waals surface area (Å²) >= 11 is 1.52. The lowest BCUT2D eigenvalue weighted by atomic mass is 10.1. The number of carbonyl (C=O) groups is 1. The maximum atomic E-state index is 13.6. The Kier molecular flexibility index (Phi) is 4.31. The van der Waals surface area contributed by atoms with Gasteiger partial charge in [0, 0.05) is 12.4 Å². The van der Waals surface area contributed by atoms with Crippen molar-refractivity contribution >= 4 is 22.9 Å². The summed E-state index contributed by atoms with van der Waals surface area (Å²) in [5.74, 6) is 4.40. The normalized spacial score (nSPS) is 10.4. The molecule has 106 valence electrons. The number of rotatable bonds is 4. The summed E-state index contributed by atoms with van der Waals surface area (Å²) < 4.78 is 13.6. The van der Waals surface area contributed by atoms with Crippen LogP contribution in [0.5, 0.6) is 0 Å². The van der Waals surface area contributed by atoms with Crippen LogP contribution in [0.25, 0.3) is 0 Å². The molecule has 1 amide bonds. The van der Waals surface area contributed by atoms with Gasteiger partial charge in [0.2, 0.25) is 0 Å². The first-order valence-corrected chi connectivity index (χ1v) is 6.82. The van der Waals surface area contributed by atoms with E-state index in [1.165, 1.54) is 34.4 Å². The number of nitrogens with one attached hydrogen (secondary N) is 1. The maximum absolute atomic E-state index is 13.6. The lowest BCUT2D eigenvalue weighted by Gasteiger charge is -2.18. The molecular formula is C13H15FN4OS. The van der Waals surface area contributed by atoms with Crippen LogP contribution in [0, 0.1) is 12.7 Å². The van der Waals surface area contributed by atoms with Crippen LogP contribution in [0.15, 0.2) is 23.6 Å². The number of nitrogen functional groups attached to an aromatic ring is 1. The molecule has 0 aliphatic carbocycles. The van der Waals surface area contributed by atoms with E-state index in [2.05, 4.69) is 10.4 Å². The van der Waals surface area contributed by atoms with E-state index in [4.69, 9.17) is 5.84 Å². The van der Waals surface area contributed by atoms with Crippen molar-refractivity contribution in [3.8, 4) is 0 Å². The Hall–Kier alpha value is -1.99. The van der Waals surface area contributed by atoms with E-state index < -0.39 is 5.82 Å². The first-order valence-electron chi connectivity index (χ1n) is 5.94. The van der Waals surface area contributed by atoms with Gasteiger partial charge in [-0.25, -0.2) is 9.37 Å². The summed E-state index contributed by atoms with van der Waals surface area (Å²) in [5.41, 5.74) is 3.23. The number of hydrazine groups is 1. The van der Waals surface area contributed by atoms with Gasteiger partial charge in [0.25, 0.3) is 5.91 Å². The third-order valence-corrected chi connectivity index (χ3v) is 3.62. The zero-order valence-corrected chi connectivity index (χ0v) is 12.0. The van der Waals surface area contributed by atoms with Crippen molar-refractivity contribution in [2.45, 2.75) is 13.5 Å². The minimum Gasteiger partial charge on any atom is -0.336 e. The second-order valence-electron chi connectivity index (χ2n) is 4.33. The number of benzene rings is 1. The topological polar surface area (TPSA) is 71.2 Å². The first-order chi connectivity index (χ1) is 9.52. The summed E-state index contributed by atoms with van der Waals surface area (Å²) in [6, 6.07) is 4.25. The molecule has 1 aromatic carbocycles. The number of thiazole rings is 1. The van der Waals surface area contributed by atoms with Crippen LogP contribution < -0.4 is 11.3 Å². The molecule has 5 nitrogen and oxygen atoms in total. The van der Waals surface area contributed by atoms with Crippen LogP contribution in [-0.4, -0.2) is 22.8 Å². The van der Waals surface area contributed by atoms with Gasteiger partial charge in [-0.3, -0.25) is 10.6 Å². The quantitative estimate of drug-likeness (QED) is 0.669. The maximum Gasteiger partial charge on any atom is 0.256 e. The van der Waals surface area contributed by atoms with Gasteiger partial charge in [-0.05, 0) is 19.1 Å². The molecule has 0 spiro atoms. The van der Waals surface area contributed by atoms with Crippen LogP contribution in [0.2, 0.25) is 0 Å². The average molecular weight is 294 g/mol. The number of nitrogens with two attached hydrogens (primary N) is 1. The minimum absolute atomic E-state index is 0.00110. The highest BCUT2D eigenvalue weighted by Gasteiger charge is 2.18. The van der Waals surface area contributed by atoms with E-state index in [1.807, 2.05) is 12.3 Å². The Labute approximate surface area is 120 Å². The monoisotopic (exact) mass is 294 g/mol. The molecule has 1 aromatic heterocycles. The third kappa shape index (κ3) is 2.94. The number of aromatic nitrogens is 1. The molecule has 0 unspecified atom stereocenters. The Morgan fingerprint density at radius 2 is 2.30 bits per heavy atom. The summed E-state index contributed by atoms with van der Waals surface area (Å²) in [7, 11) is 1.64. The second-order valence-corrected chi connectivity index (χ2v) is 5.39. The van der Waals surface area contributed by atoms with Gasteiger partial charge in [0.05, 0.1) is 28.5 Å². The van der Waals surface area contributed by atoms with Crippen molar-refractivity contribution in [1.82, 2.24) is 9.88 Å². The summed E-state index contributed by atoms with van der Waals surface area (Å²) in [5, 5.41) is 2.84. The molecule has 0 radical (unpaired) electrons. The highest BCUT2D eigenvalue weighted by molar-refractivity contribution is 7.09. The molecule has 0 aliphatic rings. The molecule has 0 saturated carbocycles. The van der Waals surface area contributed by atoms with Crippen molar-refractivity contribution < 1.29 is 9.18 Å². The Bertz CT molecular complexity index is 629. The van der Waals surface area contributed by atoms with Gasteiger partial charge < -0.3 is 10.3 Å². The highest BCUT2D eigenvalue weighted by Crippen LogP contribution is 2.21. The van der Waals surface area contributed by atoms with Crippen molar-refractivity contribution in [3.63, 3.8) is 0 Å². The third-order valence-electron chi connectivity index (χ3n) is 2.80. The van der Waals surface area contributed by atoms with E-state index >= 15 is 0 Å². The fourth-order valence-corrected chi connectivity index (χ4v) is 2.45. The van der Waals surface area contributed by atoms with Crippen molar-refractivity contribution in [3.05, 3.63) is 45.7 Å². The number of carbonyl (C=O) groups excluding carboxylic acids is 1. The summed E-state index contributed by atoms with van der Waals surface area (Å²) in [4.78, 5) is 18.1. The first kappa shape index (κ1) is 14.4. The molecule has 7 heteroatoms. The van der Waals surface area contributed by atoms with E-state index in [1.54, 1.807) is 7.05 Å². The van der Waals surface area contributed by atoms with Crippen LogP contribution in [0.4, 0.5) is 10.1 Å². The number of nitrogens with zero attached hydrogens (tertiary/aromatic N) is 2. The molecule has 0 aliphatic heterocycles. The van der Waals surface area contributed by atoms with E-state index in [0.717, 1.165) is 10.7 Å². The SMILES string of the molecule is Cc1nc(CN(C)C(=O)c2cccc(F)c2NN)cs1. The van der Waals surface area contributed by atoms with Crippen LogP contribution in [0.1, 0.15) is 21.1 Å².